The zero-order valence-electron chi connectivity index (χ0n) is 8.99. The summed E-state index contributed by atoms with van der Waals surface area (Å²) in [6.45, 7) is 3.97. The van der Waals surface area contributed by atoms with Crippen LogP contribution in [0.15, 0.2) is 12.1 Å². The Kier molecular flexibility index (Phi) is 2.79. The van der Waals surface area contributed by atoms with Gasteiger partial charge in [0, 0.05) is 29.4 Å². The van der Waals surface area contributed by atoms with Crippen LogP contribution >= 0.6 is 0 Å². The molecule has 0 aliphatic carbocycles. The normalized spacial score (nSPS) is 11.5. The van der Waals surface area contributed by atoms with Crippen molar-refractivity contribution >= 4 is 11.4 Å². The summed E-state index contributed by atoms with van der Waals surface area (Å²) in [4.78, 5) is 0. The van der Waals surface area contributed by atoms with Gasteiger partial charge in [-0.15, -0.1) is 0 Å². The van der Waals surface area contributed by atoms with E-state index < -0.39 is 5.92 Å². The second-order valence-electron chi connectivity index (χ2n) is 3.79. The number of nitrogen functional groups attached to an aromatic ring is 1. The number of benzene rings is 1. The average molecular weight is 212 g/mol. The molecule has 0 amide bonds. The van der Waals surface area contributed by atoms with Crippen molar-refractivity contribution in [2.45, 2.75) is 26.7 Å². The molecule has 82 valence electrons. The predicted octanol–water partition coefficient (Wildman–Crippen LogP) is 3.08. The minimum Gasteiger partial charge on any atom is -0.398 e. The lowest BCUT2D eigenvalue weighted by molar-refractivity contribution is 0.0173. The van der Waals surface area contributed by atoms with Crippen molar-refractivity contribution in [3.63, 3.8) is 0 Å². The summed E-state index contributed by atoms with van der Waals surface area (Å²) >= 11 is 0. The van der Waals surface area contributed by atoms with Gasteiger partial charge in [-0.1, -0.05) is 0 Å². The molecular formula is C11H14F2N2. The molecule has 1 rings (SSSR count). The Morgan fingerprint density at radius 2 is 1.93 bits per heavy atom. The number of hydrogen-bond acceptors (Lipinski definition) is 2. The third-order valence-corrected chi connectivity index (χ3v) is 2.16. The average Bonchev–Trinajstić information content (AvgIpc) is 1.99. The van der Waals surface area contributed by atoms with Crippen LogP contribution in [0, 0.1) is 12.3 Å². The van der Waals surface area contributed by atoms with Crippen LogP contribution in [0.3, 0.4) is 0 Å². The third-order valence-electron chi connectivity index (χ3n) is 2.16. The molecule has 0 bridgehead atoms. The molecule has 0 aliphatic rings. The Labute approximate surface area is 87.6 Å². The standard InChI is InChI=1S/C11H14F2N2/c1-6-4-8(11(3,12)13)10(7(2)14)9(15)5-6/h4-5,14H,15H2,1-3H3. The van der Waals surface area contributed by atoms with Crippen molar-refractivity contribution in [2.24, 2.45) is 0 Å². The first-order chi connectivity index (χ1) is 6.73. The number of nitrogens with one attached hydrogen (secondary N) is 1. The van der Waals surface area contributed by atoms with Crippen molar-refractivity contribution in [1.82, 2.24) is 0 Å². The summed E-state index contributed by atoms with van der Waals surface area (Å²) in [5.41, 5.74) is 6.59. The lowest BCUT2D eigenvalue weighted by Crippen LogP contribution is -2.15. The molecule has 4 heteroatoms. The van der Waals surface area contributed by atoms with Crippen LogP contribution in [0.4, 0.5) is 14.5 Å². The molecule has 0 fully saturated rings. The van der Waals surface area contributed by atoms with E-state index >= 15 is 0 Å². The van der Waals surface area contributed by atoms with Crippen molar-refractivity contribution < 1.29 is 8.78 Å². The zero-order valence-corrected chi connectivity index (χ0v) is 8.99. The van der Waals surface area contributed by atoms with Crippen LogP contribution in [-0.4, -0.2) is 5.71 Å². The number of anilines is 1. The lowest BCUT2D eigenvalue weighted by atomic mass is 9.95. The highest BCUT2D eigenvalue weighted by Gasteiger charge is 2.29. The smallest absolute Gasteiger partial charge is 0.271 e. The topological polar surface area (TPSA) is 49.9 Å². The second kappa shape index (κ2) is 3.61. The highest BCUT2D eigenvalue weighted by Crippen LogP contribution is 2.33. The van der Waals surface area contributed by atoms with Gasteiger partial charge in [0.1, 0.15) is 0 Å². The maximum absolute atomic E-state index is 13.3. The molecule has 3 N–H and O–H groups in total. The molecule has 15 heavy (non-hydrogen) atoms. The molecule has 0 heterocycles. The molecular weight excluding hydrogens is 198 g/mol. The first-order valence-corrected chi connectivity index (χ1v) is 4.57. The van der Waals surface area contributed by atoms with Gasteiger partial charge in [-0.2, -0.15) is 0 Å². The van der Waals surface area contributed by atoms with Gasteiger partial charge in [-0.25, -0.2) is 8.78 Å². The van der Waals surface area contributed by atoms with E-state index in [1.807, 2.05) is 0 Å². The SMILES string of the molecule is CC(=N)c1c(N)cc(C)cc1C(C)(F)F. The first kappa shape index (κ1) is 11.6. The molecule has 0 saturated heterocycles. The van der Waals surface area contributed by atoms with Gasteiger partial charge >= 0.3 is 0 Å². The van der Waals surface area contributed by atoms with E-state index in [1.165, 1.54) is 13.0 Å². The largest absolute Gasteiger partial charge is 0.398 e. The number of nitrogens with two attached hydrogens (primary N) is 1. The molecule has 0 radical (unpaired) electrons. The molecule has 0 unspecified atom stereocenters. The maximum atomic E-state index is 13.3. The van der Waals surface area contributed by atoms with E-state index in [0.717, 1.165) is 6.92 Å². The van der Waals surface area contributed by atoms with E-state index in [0.29, 0.717) is 5.56 Å². The number of rotatable bonds is 2. The van der Waals surface area contributed by atoms with Gasteiger partial charge in [0.25, 0.3) is 5.92 Å². The fourth-order valence-corrected chi connectivity index (χ4v) is 1.58. The maximum Gasteiger partial charge on any atom is 0.271 e. The van der Waals surface area contributed by atoms with Crippen LogP contribution in [0.25, 0.3) is 0 Å². The second-order valence-corrected chi connectivity index (χ2v) is 3.79. The van der Waals surface area contributed by atoms with Gasteiger partial charge in [0.05, 0.1) is 0 Å². The third kappa shape index (κ3) is 2.32. The highest BCUT2D eigenvalue weighted by atomic mass is 19.3. The Balaban J connectivity index is 3.54. The fraction of sp³-hybridized carbons (Fsp3) is 0.364. The molecule has 0 spiro atoms. The van der Waals surface area contributed by atoms with Crippen LogP contribution in [-0.2, 0) is 5.92 Å². The Bertz CT molecular complexity index is 406. The summed E-state index contributed by atoms with van der Waals surface area (Å²) in [6, 6.07) is 2.98. The number of hydrogen-bond donors (Lipinski definition) is 2. The fourth-order valence-electron chi connectivity index (χ4n) is 1.58. The predicted molar refractivity (Wildman–Crippen MR) is 57.7 cm³/mol. The number of halogens is 2. The molecule has 0 saturated carbocycles. The van der Waals surface area contributed by atoms with Crippen LogP contribution in [0.2, 0.25) is 0 Å². The van der Waals surface area contributed by atoms with Crippen molar-refractivity contribution in [1.29, 1.82) is 5.41 Å². The summed E-state index contributed by atoms with van der Waals surface area (Å²) in [5.74, 6) is -2.97. The van der Waals surface area contributed by atoms with Gasteiger partial charge in [0.15, 0.2) is 0 Å². The Hall–Kier alpha value is -1.45. The minimum atomic E-state index is -2.97. The van der Waals surface area contributed by atoms with E-state index in [1.54, 1.807) is 13.0 Å². The lowest BCUT2D eigenvalue weighted by Gasteiger charge is -2.18. The van der Waals surface area contributed by atoms with Crippen molar-refractivity contribution in [3.8, 4) is 0 Å². The summed E-state index contributed by atoms with van der Waals surface area (Å²) < 4.78 is 26.6. The molecule has 0 aliphatic heterocycles. The summed E-state index contributed by atoms with van der Waals surface area (Å²) in [7, 11) is 0. The summed E-state index contributed by atoms with van der Waals surface area (Å²) in [6.07, 6.45) is 0. The number of aryl methyl sites for hydroxylation is 1. The van der Waals surface area contributed by atoms with E-state index in [-0.39, 0.29) is 22.5 Å². The first-order valence-electron chi connectivity index (χ1n) is 4.57. The quantitative estimate of drug-likeness (QED) is 0.574. The van der Waals surface area contributed by atoms with Gasteiger partial charge < -0.3 is 11.1 Å². The Morgan fingerprint density at radius 1 is 1.40 bits per heavy atom. The van der Waals surface area contributed by atoms with Crippen LogP contribution in [0.1, 0.15) is 30.5 Å². The molecule has 1 aromatic rings. The van der Waals surface area contributed by atoms with E-state index in [9.17, 15) is 8.78 Å². The zero-order chi connectivity index (χ0) is 11.8. The molecule has 1 aromatic carbocycles. The Morgan fingerprint density at radius 3 is 2.33 bits per heavy atom. The van der Waals surface area contributed by atoms with Gasteiger partial charge in [-0.05, 0) is 31.5 Å². The number of alkyl halides is 2. The molecule has 0 aromatic heterocycles. The monoisotopic (exact) mass is 212 g/mol. The van der Waals surface area contributed by atoms with Crippen LogP contribution < -0.4 is 5.73 Å². The van der Waals surface area contributed by atoms with Gasteiger partial charge in [0.2, 0.25) is 0 Å². The van der Waals surface area contributed by atoms with Crippen LogP contribution in [0.5, 0.6) is 0 Å². The van der Waals surface area contributed by atoms with Crippen molar-refractivity contribution in [2.75, 3.05) is 5.73 Å². The minimum absolute atomic E-state index is 0.0593. The molecule has 0 atom stereocenters. The van der Waals surface area contributed by atoms with E-state index in [2.05, 4.69) is 0 Å². The van der Waals surface area contributed by atoms with Gasteiger partial charge in [-0.3, -0.25) is 0 Å². The highest BCUT2D eigenvalue weighted by molar-refractivity contribution is 6.02. The van der Waals surface area contributed by atoms with Crippen molar-refractivity contribution in [3.05, 3.63) is 28.8 Å². The van der Waals surface area contributed by atoms with E-state index in [4.69, 9.17) is 11.1 Å². The summed E-state index contributed by atoms with van der Waals surface area (Å²) in [5, 5.41) is 7.45. The molecule has 2 nitrogen and oxygen atoms in total.